The second kappa shape index (κ2) is 8.78. The molecule has 0 spiro atoms. The van der Waals surface area contributed by atoms with Crippen LogP contribution in [0.3, 0.4) is 0 Å². The fraction of sp³-hybridized carbons (Fsp3) is 0.643. The third-order valence-electron chi connectivity index (χ3n) is 3.34. The van der Waals surface area contributed by atoms with Gasteiger partial charge in [0.1, 0.15) is 0 Å². The van der Waals surface area contributed by atoms with E-state index in [0.29, 0.717) is 37.4 Å². The van der Waals surface area contributed by atoms with Crippen molar-refractivity contribution in [2.45, 2.75) is 26.4 Å². The van der Waals surface area contributed by atoms with E-state index in [-0.39, 0.29) is 32.1 Å². The van der Waals surface area contributed by atoms with Crippen molar-refractivity contribution in [1.29, 1.82) is 0 Å². The van der Waals surface area contributed by atoms with E-state index < -0.39 is 5.43 Å². The zero-order valence-electron chi connectivity index (χ0n) is 12.3. The van der Waals surface area contributed by atoms with Crippen LogP contribution >= 0.6 is 0 Å². The van der Waals surface area contributed by atoms with Crippen LogP contribution in [0.2, 0.25) is 0 Å². The smallest absolute Gasteiger partial charge is 0.223 e. The minimum absolute atomic E-state index is 0.0166. The predicted octanol–water partition coefficient (Wildman–Crippen LogP) is -0.969. The lowest BCUT2D eigenvalue weighted by molar-refractivity contribution is 0.151. The van der Waals surface area contributed by atoms with Crippen LogP contribution in [-0.2, 0) is 13.1 Å². The maximum atomic E-state index is 11.8. The number of rotatable bonds is 9. The Balaban J connectivity index is 3.14. The van der Waals surface area contributed by atoms with Gasteiger partial charge in [-0.05, 0) is 13.3 Å². The standard InChI is InChI=1S/C14H24N2O5/c1-11-9-13(20)14(21)12(16(11)3-2-6-17)10-15(4-7-18)5-8-19/h9,17-19,21H,2-8,10H2,1H3. The maximum Gasteiger partial charge on any atom is 0.223 e. The van der Waals surface area contributed by atoms with Gasteiger partial charge in [0.15, 0.2) is 5.75 Å². The quantitative estimate of drug-likeness (QED) is 0.468. The van der Waals surface area contributed by atoms with E-state index in [9.17, 15) is 9.90 Å². The molecule has 1 aromatic rings. The molecule has 0 aromatic carbocycles. The normalized spacial score (nSPS) is 11.3. The molecule has 0 fully saturated rings. The van der Waals surface area contributed by atoms with Gasteiger partial charge < -0.3 is 25.0 Å². The number of nitrogens with zero attached hydrogens (tertiary/aromatic N) is 2. The number of aromatic hydroxyl groups is 1. The summed E-state index contributed by atoms with van der Waals surface area (Å²) in [5, 5.41) is 37.1. The molecule has 1 heterocycles. The number of aliphatic hydroxyl groups excluding tert-OH is 3. The highest BCUT2D eigenvalue weighted by atomic mass is 16.3. The van der Waals surface area contributed by atoms with Gasteiger partial charge >= 0.3 is 0 Å². The first-order valence-electron chi connectivity index (χ1n) is 7.02. The van der Waals surface area contributed by atoms with Gasteiger partial charge in [0.25, 0.3) is 0 Å². The van der Waals surface area contributed by atoms with E-state index in [0.717, 1.165) is 0 Å². The SMILES string of the molecule is Cc1cc(=O)c(O)c(CN(CCO)CCO)n1CCCO. The minimum atomic E-state index is -0.448. The summed E-state index contributed by atoms with van der Waals surface area (Å²) in [7, 11) is 0. The van der Waals surface area contributed by atoms with Gasteiger partial charge in [0.05, 0.1) is 18.9 Å². The van der Waals surface area contributed by atoms with Crippen molar-refractivity contribution >= 4 is 0 Å². The van der Waals surface area contributed by atoms with Crippen LogP contribution < -0.4 is 5.43 Å². The molecule has 0 radical (unpaired) electrons. The molecule has 1 rings (SSSR count). The van der Waals surface area contributed by atoms with Gasteiger partial charge in [-0.3, -0.25) is 9.69 Å². The molecule has 0 aliphatic carbocycles. The Hall–Kier alpha value is -1.41. The fourth-order valence-electron chi connectivity index (χ4n) is 2.28. The topological polar surface area (TPSA) is 106 Å². The van der Waals surface area contributed by atoms with Crippen LogP contribution in [-0.4, -0.2) is 62.8 Å². The minimum Gasteiger partial charge on any atom is -0.503 e. The summed E-state index contributed by atoms with van der Waals surface area (Å²) in [4.78, 5) is 13.5. The van der Waals surface area contributed by atoms with Crippen LogP contribution in [0.4, 0.5) is 0 Å². The summed E-state index contributed by atoms with van der Waals surface area (Å²) in [6.45, 7) is 3.03. The highest BCUT2D eigenvalue weighted by Crippen LogP contribution is 2.17. The number of hydrogen-bond donors (Lipinski definition) is 4. The zero-order valence-corrected chi connectivity index (χ0v) is 12.3. The molecular weight excluding hydrogens is 276 g/mol. The molecule has 0 saturated carbocycles. The lowest BCUT2D eigenvalue weighted by Gasteiger charge is -2.24. The summed E-state index contributed by atoms with van der Waals surface area (Å²) in [5.74, 6) is -0.320. The summed E-state index contributed by atoms with van der Waals surface area (Å²) in [5.41, 5.74) is 0.695. The second-order valence-corrected chi connectivity index (χ2v) is 4.90. The van der Waals surface area contributed by atoms with Crippen LogP contribution in [0.5, 0.6) is 5.75 Å². The number of aryl methyl sites for hydroxylation is 1. The molecule has 0 aliphatic heterocycles. The third kappa shape index (κ3) is 4.82. The van der Waals surface area contributed by atoms with Gasteiger partial charge in [0, 0.05) is 44.5 Å². The Morgan fingerprint density at radius 3 is 2.29 bits per heavy atom. The average Bonchev–Trinajstić information content (AvgIpc) is 2.44. The maximum absolute atomic E-state index is 11.8. The predicted molar refractivity (Wildman–Crippen MR) is 78.3 cm³/mol. The Bertz CT molecular complexity index is 495. The number of pyridine rings is 1. The first-order valence-corrected chi connectivity index (χ1v) is 7.02. The average molecular weight is 300 g/mol. The number of aliphatic hydroxyl groups is 3. The molecule has 120 valence electrons. The molecule has 0 bridgehead atoms. The lowest BCUT2D eigenvalue weighted by atomic mass is 10.2. The molecule has 0 unspecified atom stereocenters. The van der Waals surface area contributed by atoms with Crippen molar-refractivity contribution in [1.82, 2.24) is 9.47 Å². The van der Waals surface area contributed by atoms with Gasteiger partial charge in [0.2, 0.25) is 5.43 Å². The van der Waals surface area contributed by atoms with Crippen molar-refractivity contribution < 1.29 is 20.4 Å². The highest BCUT2D eigenvalue weighted by molar-refractivity contribution is 5.29. The van der Waals surface area contributed by atoms with E-state index >= 15 is 0 Å². The Labute approximate surface area is 123 Å². The van der Waals surface area contributed by atoms with Crippen LogP contribution in [0.15, 0.2) is 10.9 Å². The molecule has 0 aliphatic rings. The largest absolute Gasteiger partial charge is 0.503 e. The Kier molecular flexibility index (Phi) is 7.38. The molecule has 4 N–H and O–H groups in total. The van der Waals surface area contributed by atoms with E-state index in [4.69, 9.17) is 15.3 Å². The van der Waals surface area contributed by atoms with E-state index in [1.54, 1.807) is 16.4 Å². The van der Waals surface area contributed by atoms with Gasteiger partial charge in [-0.15, -0.1) is 0 Å². The van der Waals surface area contributed by atoms with Crippen LogP contribution in [0.25, 0.3) is 0 Å². The molecular formula is C14H24N2O5. The van der Waals surface area contributed by atoms with Crippen LogP contribution in [0.1, 0.15) is 17.8 Å². The lowest BCUT2D eigenvalue weighted by Crippen LogP contribution is -2.32. The Morgan fingerprint density at radius 2 is 1.76 bits per heavy atom. The van der Waals surface area contributed by atoms with Gasteiger partial charge in [-0.2, -0.15) is 0 Å². The van der Waals surface area contributed by atoms with E-state index in [1.807, 2.05) is 0 Å². The fourth-order valence-corrected chi connectivity index (χ4v) is 2.28. The monoisotopic (exact) mass is 300 g/mol. The molecule has 7 heteroatoms. The first kappa shape index (κ1) is 17.6. The number of hydrogen-bond acceptors (Lipinski definition) is 6. The van der Waals surface area contributed by atoms with Crippen molar-refractivity contribution in [2.24, 2.45) is 0 Å². The molecule has 0 saturated heterocycles. The van der Waals surface area contributed by atoms with E-state index in [1.165, 1.54) is 6.07 Å². The first-order chi connectivity index (χ1) is 10.0. The Morgan fingerprint density at radius 1 is 1.14 bits per heavy atom. The summed E-state index contributed by atoms with van der Waals surface area (Å²) < 4.78 is 1.79. The molecule has 0 amide bonds. The van der Waals surface area contributed by atoms with Crippen molar-refractivity contribution in [3.8, 4) is 5.75 Å². The number of aromatic nitrogens is 1. The van der Waals surface area contributed by atoms with Crippen molar-refractivity contribution in [3.63, 3.8) is 0 Å². The van der Waals surface area contributed by atoms with Crippen molar-refractivity contribution in [2.75, 3.05) is 32.9 Å². The highest BCUT2D eigenvalue weighted by Gasteiger charge is 2.16. The summed E-state index contributed by atoms with van der Waals surface area (Å²) in [6, 6.07) is 1.36. The second-order valence-electron chi connectivity index (χ2n) is 4.90. The van der Waals surface area contributed by atoms with Crippen molar-refractivity contribution in [3.05, 3.63) is 27.7 Å². The molecule has 7 nitrogen and oxygen atoms in total. The van der Waals surface area contributed by atoms with Gasteiger partial charge in [-0.1, -0.05) is 0 Å². The summed E-state index contributed by atoms with van der Waals surface area (Å²) in [6.07, 6.45) is 0.510. The zero-order chi connectivity index (χ0) is 15.8. The third-order valence-corrected chi connectivity index (χ3v) is 3.34. The van der Waals surface area contributed by atoms with Gasteiger partial charge in [-0.25, -0.2) is 0 Å². The van der Waals surface area contributed by atoms with E-state index in [2.05, 4.69) is 0 Å². The molecule has 1 aromatic heterocycles. The molecule has 21 heavy (non-hydrogen) atoms. The molecule has 0 atom stereocenters. The van der Waals surface area contributed by atoms with Crippen LogP contribution in [0, 0.1) is 6.92 Å². The summed E-state index contributed by atoms with van der Waals surface area (Å²) >= 11 is 0.